The number of aliphatic hydroxyl groups is 1. The summed E-state index contributed by atoms with van der Waals surface area (Å²) in [6, 6.07) is 9.29. The van der Waals surface area contributed by atoms with E-state index in [-0.39, 0.29) is 6.61 Å². The highest BCUT2D eigenvalue weighted by Gasteiger charge is 2.26. The molecule has 0 aliphatic carbocycles. The second-order valence-electron chi connectivity index (χ2n) is 6.78. The van der Waals surface area contributed by atoms with Crippen molar-refractivity contribution in [2.45, 2.75) is 39.8 Å². The molecule has 1 aromatic carbocycles. The largest absolute Gasteiger partial charge is 0.396 e. The summed E-state index contributed by atoms with van der Waals surface area (Å²) in [5.74, 6) is 0.689. The molecule has 0 aromatic heterocycles. The van der Waals surface area contributed by atoms with Gasteiger partial charge in [0.05, 0.1) is 0 Å². The van der Waals surface area contributed by atoms with Crippen molar-refractivity contribution in [2.75, 3.05) is 32.8 Å². The molecule has 1 atom stereocenters. The van der Waals surface area contributed by atoms with E-state index in [2.05, 4.69) is 54.8 Å². The molecule has 1 saturated heterocycles. The normalized spacial score (nSPS) is 21.1. The number of piperazine rings is 1. The molecular formula is C18H30N2O. The van der Waals surface area contributed by atoms with E-state index in [1.807, 2.05) is 0 Å². The van der Waals surface area contributed by atoms with E-state index in [9.17, 15) is 5.11 Å². The van der Waals surface area contributed by atoms with Crippen LogP contribution in [0.2, 0.25) is 0 Å². The van der Waals surface area contributed by atoms with Crippen molar-refractivity contribution in [3.05, 3.63) is 35.4 Å². The molecule has 2 rings (SSSR count). The van der Waals surface area contributed by atoms with Gasteiger partial charge in [-0.2, -0.15) is 0 Å². The first-order valence-corrected chi connectivity index (χ1v) is 8.21. The van der Waals surface area contributed by atoms with E-state index in [1.54, 1.807) is 0 Å². The highest BCUT2D eigenvalue weighted by atomic mass is 16.3. The van der Waals surface area contributed by atoms with Gasteiger partial charge in [-0.25, -0.2) is 0 Å². The Balaban J connectivity index is 1.94. The molecule has 0 spiro atoms. The zero-order chi connectivity index (χ0) is 15.2. The number of benzene rings is 1. The topological polar surface area (TPSA) is 26.7 Å². The average Bonchev–Trinajstić information content (AvgIpc) is 2.41. The monoisotopic (exact) mass is 290 g/mol. The summed E-state index contributed by atoms with van der Waals surface area (Å²) in [6.45, 7) is 12.5. The zero-order valence-corrected chi connectivity index (χ0v) is 13.8. The predicted molar refractivity (Wildman–Crippen MR) is 88.4 cm³/mol. The number of nitrogens with zero attached hydrogens (tertiary/aromatic N) is 2. The van der Waals surface area contributed by atoms with Crippen molar-refractivity contribution in [1.29, 1.82) is 0 Å². The maximum atomic E-state index is 9.34. The standard InChI is InChI=1S/C18H30N2O/c1-15(2)12-20-9-8-19(14-18(20)7-10-21)13-17-6-4-5-16(3)11-17/h4-6,11,15,18,21H,7-10,12-14H2,1-3H3/t18-/m1/s1. The summed E-state index contributed by atoms with van der Waals surface area (Å²) in [5.41, 5.74) is 2.73. The molecule has 1 fully saturated rings. The molecule has 0 bridgehead atoms. The van der Waals surface area contributed by atoms with Gasteiger partial charge in [0.25, 0.3) is 0 Å². The molecule has 21 heavy (non-hydrogen) atoms. The van der Waals surface area contributed by atoms with Gasteiger partial charge >= 0.3 is 0 Å². The maximum absolute atomic E-state index is 9.34. The molecule has 1 N–H and O–H groups in total. The molecule has 0 radical (unpaired) electrons. The molecule has 0 amide bonds. The second-order valence-corrected chi connectivity index (χ2v) is 6.78. The van der Waals surface area contributed by atoms with Crippen molar-refractivity contribution < 1.29 is 5.11 Å². The Kier molecular flexibility index (Phi) is 6.22. The number of aliphatic hydroxyl groups excluding tert-OH is 1. The summed E-state index contributed by atoms with van der Waals surface area (Å²) in [7, 11) is 0. The summed E-state index contributed by atoms with van der Waals surface area (Å²) in [4.78, 5) is 5.10. The van der Waals surface area contributed by atoms with Crippen LogP contribution in [0.25, 0.3) is 0 Å². The lowest BCUT2D eigenvalue weighted by molar-refractivity contribution is 0.0477. The van der Waals surface area contributed by atoms with Gasteiger partial charge < -0.3 is 5.11 Å². The fourth-order valence-electron chi connectivity index (χ4n) is 3.30. The van der Waals surface area contributed by atoms with E-state index in [0.29, 0.717) is 12.0 Å². The van der Waals surface area contributed by atoms with Crippen LogP contribution in [0.3, 0.4) is 0 Å². The van der Waals surface area contributed by atoms with Crippen LogP contribution in [0.1, 0.15) is 31.4 Å². The van der Waals surface area contributed by atoms with E-state index in [4.69, 9.17) is 0 Å². The average molecular weight is 290 g/mol. The quantitative estimate of drug-likeness (QED) is 0.872. The van der Waals surface area contributed by atoms with Gasteiger partial charge in [-0.1, -0.05) is 43.7 Å². The van der Waals surface area contributed by atoms with Gasteiger partial charge in [0.2, 0.25) is 0 Å². The Labute approximate surface area is 129 Å². The van der Waals surface area contributed by atoms with E-state index in [0.717, 1.165) is 39.1 Å². The SMILES string of the molecule is Cc1cccc(CN2CCN(CC(C)C)[C@H](CCO)C2)c1. The molecule has 1 aliphatic heterocycles. The first kappa shape index (κ1) is 16.5. The van der Waals surface area contributed by atoms with Gasteiger partial charge in [0.15, 0.2) is 0 Å². The Hall–Kier alpha value is -0.900. The number of hydrogen-bond acceptors (Lipinski definition) is 3. The van der Waals surface area contributed by atoms with Crippen molar-refractivity contribution in [3.8, 4) is 0 Å². The van der Waals surface area contributed by atoms with Crippen LogP contribution in [-0.4, -0.2) is 53.7 Å². The van der Waals surface area contributed by atoms with E-state index >= 15 is 0 Å². The third-order valence-corrected chi connectivity index (χ3v) is 4.24. The molecule has 1 aromatic rings. The van der Waals surface area contributed by atoms with Crippen LogP contribution in [0.15, 0.2) is 24.3 Å². The number of rotatable bonds is 6. The van der Waals surface area contributed by atoms with Crippen LogP contribution in [0.4, 0.5) is 0 Å². The van der Waals surface area contributed by atoms with Gasteiger partial charge in [-0.3, -0.25) is 9.80 Å². The van der Waals surface area contributed by atoms with E-state index < -0.39 is 0 Å². The fourth-order valence-corrected chi connectivity index (χ4v) is 3.30. The van der Waals surface area contributed by atoms with Crippen LogP contribution >= 0.6 is 0 Å². The fraction of sp³-hybridized carbons (Fsp3) is 0.667. The third kappa shape index (κ3) is 5.10. The van der Waals surface area contributed by atoms with E-state index in [1.165, 1.54) is 11.1 Å². The number of hydrogen-bond donors (Lipinski definition) is 1. The van der Waals surface area contributed by atoms with Gasteiger partial charge in [0.1, 0.15) is 0 Å². The highest BCUT2D eigenvalue weighted by molar-refractivity contribution is 5.22. The van der Waals surface area contributed by atoms with Gasteiger partial charge in [-0.15, -0.1) is 0 Å². The highest BCUT2D eigenvalue weighted by Crippen LogP contribution is 2.17. The number of aryl methyl sites for hydroxylation is 1. The van der Waals surface area contributed by atoms with Crippen molar-refractivity contribution >= 4 is 0 Å². The van der Waals surface area contributed by atoms with Crippen LogP contribution < -0.4 is 0 Å². The zero-order valence-electron chi connectivity index (χ0n) is 13.8. The van der Waals surface area contributed by atoms with Crippen molar-refractivity contribution in [3.63, 3.8) is 0 Å². The summed E-state index contributed by atoms with van der Waals surface area (Å²) in [6.07, 6.45) is 0.886. The Morgan fingerprint density at radius 2 is 2.10 bits per heavy atom. The third-order valence-electron chi connectivity index (χ3n) is 4.24. The molecular weight excluding hydrogens is 260 g/mol. The Morgan fingerprint density at radius 1 is 1.29 bits per heavy atom. The minimum absolute atomic E-state index is 0.289. The molecule has 118 valence electrons. The lowest BCUT2D eigenvalue weighted by atomic mass is 10.0. The lowest BCUT2D eigenvalue weighted by Gasteiger charge is -2.42. The van der Waals surface area contributed by atoms with Crippen LogP contribution in [0, 0.1) is 12.8 Å². The predicted octanol–water partition coefficient (Wildman–Crippen LogP) is 2.52. The molecule has 0 unspecified atom stereocenters. The minimum atomic E-state index is 0.289. The first-order chi connectivity index (χ1) is 10.1. The second kappa shape index (κ2) is 7.92. The molecule has 1 aliphatic rings. The Bertz CT molecular complexity index is 433. The molecule has 3 heteroatoms. The van der Waals surface area contributed by atoms with Crippen LogP contribution in [-0.2, 0) is 6.54 Å². The van der Waals surface area contributed by atoms with Crippen molar-refractivity contribution in [2.24, 2.45) is 5.92 Å². The summed E-state index contributed by atoms with van der Waals surface area (Å²) < 4.78 is 0. The molecule has 1 heterocycles. The summed E-state index contributed by atoms with van der Waals surface area (Å²) in [5, 5.41) is 9.34. The molecule has 3 nitrogen and oxygen atoms in total. The van der Waals surface area contributed by atoms with Gasteiger partial charge in [-0.05, 0) is 24.8 Å². The Morgan fingerprint density at radius 3 is 2.76 bits per heavy atom. The minimum Gasteiger partial charge on any atom is -0.396 e. The van der Waals surface area contributed by atoms with Gasteiger partial charge in [0, 0.05) is 45.4 Å². The summed E-state index contributed by atoms with van der Waals surface area (Å²) >= 11 is 0. The smallest absolute Gasteiger partial charge is 0.0446 e. The van der Waals surface area contributed by atoms with Crippen molar-refractivity contribution in [1.82, 2.24) is 9.80 Å². The molecule has 0 saturated carbocycles. The lowest BCUT2D eigenvalue weighted by Crippen LogP contribution is -2.53. The maximum Gasteiger partial charge on any atom is 0.0446 e. The first-order valence-electron chi connectivity index (χ1n) is 8.21. The van der Waals surface area contributed by atoms with Crippen LogP contribution in [0.5, 0.6) is 0 Å².